The molecule has 2 aromatic carbocycles. The van der Waals surface area contributed by atoms with Crippen LogP contribution in [0.1, 0.15) is 21.5 Å². The van der Waals surface area contributed by atoms with Crippen LogP contribution in [0.4, 0.5) is 0 Å². The molecule has 0 N–H and O–H groups in total. The molecule has 0 spiro atoms. The van der Waals surface area contributed by atoms with Gasteiger partial charge >= 0.3 is 0 Å². The molecular formula is C16H13N2O2-. The van der Waals surface area contributed by atoms with E-state index >= 15 is 0 Å². The van der Waals surface area contributed by atoms with Crippen LogP contribution in [0.5, 0.6) is 0 Å². The van der Waals surface area contributed by atoms with Gasteiger partial charge in [0.2, 0.25) is 0 Å². The van der Waals surface area contributed by atoms with Crippen molar-refractivity contribution in [1.82, 2.24) is 9.55 Å². The van der Waals surface area contributed by atoms with E-state index in [1.807, 2.05) is 18.4 Å². The Hall–Kier alpha value is -2.62. The van der Waals surface area contributed by atoms with Crippen LogP contribution in [0.25, 0.3) is 16.7 Å². The molecule has 0 unspecified atom stereocenters. The summed E-state index contributed by atoms with van der Waals surface area (Å²) in [6.07, 6.45) is 1.71. The molecular weight excluding hydrogens is 252 g/mol. The molecule has 0 saturated carbocycles. The van der Waals surface area contributed by atoms with E-state index in [0.717, 1.165) is 11.2 Å². The van der Waals surface area contributed by atoms with Crippen molar-refractivity contribution in [1.29, 1.82) is 0 Å². The van der Waals surface area contributed by atoms with Gasteiger partial charge in [0, 0.05) is 5.69 Å². The van der Waals surface area contributed by atoms with E-state index in [-0.39, 0.29) is 5.56 Å². The summed E-state index contributed by atoms with van der Waals surface area (Å²) in [7, 11) is 0. The summed E-state index contributed by atoms with van der Waals surface area (Å²) >= 11 is 0. The van der Waals surface area contributed by atoms with Crippen LogP contribution in [0.3, 0.4) is 0 Å². The summed E-state index contributed by atoms with van der Waals surface area (Å²) in [5, 5.41) is 10.9. The molecule has 3 aromatic rings. The molecule has 3 rings (SSSR count). The first-order chi connectivity index (χ1) is 9.54. The molecule has 0 saturated heterocycles. The molecule has 1 aromatic heterocycles. The SMILES string of the molecule is Cc1cc(C)cc(-n2cnc3cc(C(=O)[O-])ccc32)c1. The summed E-state index contributed by atoms with van der Waals surface area (Å²) in [6.45, 7) is 4.09. The van der Waals surface area contributed by atoms with Crippen molar-refractivity contribution in [3.8, 4) is 5.69 Å². The van der Waals surface area contributed by atoms with Crippen LogP contribution in [0, 0.1) is 13.8 Å². The summed E-state index contributed by atoms with van der Waals surface area (Å²) in [6, 6.07) is 11.1. The maximum Gasteiger partial charge on any atom is 0.100 e. The van der Waals surface area contributed by atoms with Crippen molar-refractivity contribution in [2.45, 2.75) is 13.8 Å². The third kappa shape index (κ3) is 2.05. The number of fused-ring (bicyclic) bond motifs is 1. The third-order valence-electron chi connectivity index (χ3n) is 3.27. The van der Waals surface area contributed by atoms with Crippen molar-refractivity contribution >= 4 is 17.0 Å². The zero-order chi connectivity index (χ0) is 14.3. The molecule has 0 radical (unpaired) electrons. The predicted octanol–water partition coefficient (Wildman–Crippen LogP) is 2.01. The van der Waals surface area contributed by atoms with Crippen molar-refractivity contribution in [2.75, 3.05) is 0 Å². The first-order valence-electron chi connectivity index (χ1n) is 6.32. The highest BCUT2D eigenvalue weighted by atomic mass is 16.4. The molecule has 4 heteroatoms. The lowest BCUT2D eigenvalue weighted by Gasteiger charge is -2.08. The number of aromatic nitrogens is 2. The summed E-state index contributed by atoms with van der Waals surface area (Å²) < 4.78 is 1.95. The van der Waals surface area contributed by atoms with Crippen LogP contribution >= 0.6 is 0 Å². The Morgan fingerprint density at radius 3 is 2.45 bits per heavy atom. The largest absolute Gasteiger partial charge is 0.545 e. The average Bonchev–Trinajstić information content (AvgIpc) is 2.80. The first kappa shape index (κ1) is 12.4. The van der Waals surface area contributed by atoms with Crippen molar-refractivity contribution in [3.63, 3.8) is 0 Å². The molecule has 1 heterocycles. The number of nitrogens with zero attached hydrogens (tertiary/aromatic N) is 2. The Balaban J connectivity index is 2.19. The molecule has 0 bridgehead atoms. The molecule has 4 nitrogen and oxygen atoms in total. The molecule has 0 amide bonds. The second-order valence-corrected chi connectivity index (χ2v) is 4.95. The fourth-order valence-corrected chi connectivity index (χ4v) is 2.44. The monoisotopic (exact) mass is 265 g/mol. The van der Waals surface area contributed by atoms with E-state index in [2.05, 4.69) is 23.2 Å². The summed E-state index contributed by atoms with van der Waals surface area (Å²) in [5.41, 5.74) is 5.03. The van der Waals surface area contributed by atoms with Gasteiger partial charge < -0.3 is 9.90 Å². The zero-order valence-electron chi connectivity index (χ0n) is 11.3. The summed E-state index contributed by atoms with van der Waals surface area (Å²) in [4.78, 5) is 15.1. The van der Waals surface area contributed by atoms with Crippen LogP contribution in [0.15, 0.2) is 42.7 Å². The lowest BCUT2D eigenvalue weighted by atomic mass is 10.1. The van der Waals surface area contributed by atoms with Gasteiger partial charge in [0.15, 0.2) is 0 Å². The number of carboxylic acid groups (broad SMARTS) is 1. The number of hydrogen-bond acceptors (Lipinski definition) is 3. The summed E-state index contributed by atoms with van der Waals surface area (Å²) in [5.74, 6) is -1.19. The Morgan fingerprint density at radius 2 is 1.80 bits per heavy atom. The van der Waals surface area contributed by atoms with Gasteiger partial charge in [-0.1, -0.05) is 12.1 Å². The highest BCUT2D eigenvalue weighted by Crippen LogP contribution is 2.21. The standard InChI is InChI=1S/C16H14N2O2/c1-10-5-11(2)7-13(6-10)18-9-17-14-8-12(16(19)20)3-4-15(14)18/h3-9H,1-2H3,(H,19,20)/p-1. The smallest absolute Gasteiger partial charge is 0.100 e. The lowest BCUT2D eigenvalue weighted by molar-refractivity contribution is -0.255. The Kier molecular flexibility index (Phi) is 2.79. The average molecular weight is 265 g/mol. The van der Waals surface area contributed by atoms with Gasteiger partial charge in [-0.15, -0.1) is 0 Å². The van der Waals surface area contributed by atoms with Gasteiger partial charge in [0.25, 0.3) is 0 Å². The minimum absolute atomic E-state index is 0.142. The number of aryl methyl sites for hydroxylation is 2. The second-order valence-electron chi connectivity index (χ2n) is 4.95. The molecule has 20 heavy (non-hydrogen) atoms. The molecule has 0 aliphatic heterocycles. The normalized spacial score (nSPS) is 10.9. The van der Waals surface area contributed by atoms with Crippen molar-refractivity contribution in [3.05, 3.63) is 59.4 Å². The fraction of sp³-hybridized carbons (Fsp3) is 0.125. The number of rotatable bonds is 2. The highest BCUT2D eigenvalue weighted by molar-refractivity contribution is 5.91. The number of carbonyl (C=O) groups excluding carboxylic acids is 1. The number of aromatic carboxylic acids is 1. The minimum Gasteiger partial charge on any atom is -0.545 e. The Bertz CT molecular complexity index is 798. The number of imidazole rings is 1. The predicted molar refractivity (Wildman–Crippen MR) is 74.9 cm³/mol. The van der Waals surface area contributed by atoms with E-state index in [9.17, 15) is 9.90 Å². The first-order valence-corrected chi connectivity index (χ1v) is 6.32. The van der Waals surface area contributed by atoms with E-state index in [4.69, 9.17) is 0 Å². The van der Waals surface area contributed by atoms with Crippen molar-refractivity contribution < 1.29 is 9.90 Å². The van der Waals surface area contributed by atoms with Crippen LogP contribution in [0.2, 0.25) is 0 Å². The van der Waals surface area contributed by atoms with Gasteiger partial charge in [-0.05, 0) is 54.8 Å². The number of hydrogen-bond donors (Lipinski definition) is 0. The van der Waals surface area contributed by atoms with Gasteiger partial charge in [-0.3, -0.25) is 4.57 Å². The van der Waals surface area contributed by atoms with Crippen LogP contribution < -0.4 is 5.11 Å². The maximum atomic E-state index is 10.9. The van der Waals surface area contributed by atoms with E-state index < -0.39 is 5.97 Å². The van der Waals surface area contributed by atoms with Gasteiger partial charge in [-0.2, -0.15) is 0 Å². The number of carbonyl (C=O) groups is 1. The fourth-order valence-electron chi connectivity index (χ4n) is 2.44. The molecule has 0 atom stereocenters. The van der Waals surface area contributed by atoms with Crippen LogP contribution in [-0.2, 0) is 0 Å². The zero-order valence-corrected chi connectivity index (χ0v) is 11.3. The second kappa shape index (κ2) is 4.49. The van der Waals surface area contributed by atoms with Gasteiger partial charge in [0.1, 0.15) is 6.33 Å². The molecule has 0 aliphatic rings. The number of carboxylic acids is 1. The quantitative estimate of drug-likeness (QED) is 0.712. The van der Waals surface area contributed by atoms with Crippen molar-refractivity contribution in [2.24, 2.45) is 0 Å². The lowest BCUT2D eigenvalue weighted by Crippen LogP contribution is -2.21. The minimum atomic E-state index is -1.19. The topological polar surface area (TPSA) is 58.0 Å². The maximum absolute atomic E-state index is 10.9. The Labute approximate surface area is 116 Å². The Morgan fingerprint density at radius 1 is 1.10 bits per heavy atom. The molecule has 0 fully saturated rings. The molecule has 0 aliphatic carbocycles. The highest BCUT2D eigenvalue weighted by Gasteiger charge is 2.06. The van der Waals surface area contributed by atoms with Gasteiger partial charge in [0.05, 0.1) is 17.0 Å². The van der Waals surface area contributed by atoms with Crippen LogP contribution in [-0.4, -0.2) is 15.5 Å². The van der Waals surface area contributed by atoms with E-state index in [1.54, 1.807) is 18.5 Å². The van der Waals surface area contributed by atoms with Gasteiger partial charge in [-0.25, -0.2) is 4.98 Å². The van der Waals surface area contributed by atoms with E-state index in [1.165, 1.54) is 17.2 Å². The molecule has 100 valence electrons. The van der Waals surface area contributed by atoms with E-state index in [0.29, 0.717) is 5.52 Å². The third-order valence-corrected chi connectivity index (χ3v) is 3.27. The number of benzene rings is 2.